The summed E-state index contributed by atoms with van der Waals surface area (Å²) in [4.78, 5) is 4.97. The Bertz CT molecular complexity index is 255. The summed E-state index contributed by atoms with van der Waals surface area (Å²) < 4.78 is 0. The molecule has 2 atom stereocenters. The van der Waals surface area contributed by atoms with E-state index in [1.807, 2.05) is 0 Å². The Kier molecular flexibility index (Phi) is 6.10. The Labute approximate surface area is 127 Å². The summed E-state index contributed by atoms with van der Waals surface area (Å²) in [6.07, 6.45) is 5.55. The van der Waals surface area contributed by atoms with Crippen LogP contribution in [0.1, 0.15) is 67.2 Å². The lowest BCUT2D eigenvalue weighted by molar-refractivity contribution is 0.169. The standard InChI is InChI=1S/2C9H19N/c2*1-9(2,3)8-6-5-7-10(8)4/h2*8H,5-7H2,1-4H3/t2*8-/m10/s1. The summed E-state index contributed by atoms with van der Waals surface area (Å²) in [5.74, 6) is 0. The van der Waals surface area contributed by atoms with Gasteiger partial charge in [0.05, 0.1) is 0 Å². The van der Waals surface area contributed by atoms with Gasteiger partial charge in [0.25, 0.3) is 0 Å². The van der Waals surface area contributed by atoms with Crippen molar-refractivity contribution in [3.8, 4) is 0 Å². The first-order valence-corrected chi connectivity index (χ1v) is 8.44. The molecule has 2 aliphatic heterocycles. The molecule has 2 nitrogen and oxygen atoms in total. The first-order chi connectivity index (χ1) is 9.03. The second-order valence-corrected chi connectivity index (χ2v) is 9.01. The fourth-order valence-corrected chi connectivity index (χ4v) is 4.01. The van der Waals surface area contributed by atoms with Gasteiger partial charge < -0.3 is 9.80 Å². The molecule has 0 aromatic carbocycles. The van der Waals surface area contributed by atoms with Crippen LogP contribution >= 0.6 is 0 Å². The zero-order chi connectivity index (χ0) is 15.6. The quantitative estimate of drug-likeness (QED) is 0.655. The lowest BCUT2D eigenvalue weighted by Crippen LogP contribution is -2.36. The van der Waals surface area contributed by atoms with Crippen molar-refractivity contribution in [2.75, 3.05) is 27.2 Å². The first kappa shape index (κ1) is 18.0. The van der Waals surface area contributed by atoms with Crippen LogP contribution in [0.25, 0.3) is 0 Å². The molecule has 0 N–H and O–H groups in total. The average Bonchev–Trinajstić information content (AvgIpc) is 2.85. The van der Waals surface area contributed by atoms with Crippen LogP contribution < -0.4 is 0 Å². The summed E-state index contributed by atoms with van der Waals surface area (Å²) in [6.45, 7) is 16.6. The molecular formula is C18H38N2. The molecule has 2 rings (SSSR count). The highest BCUT2D eigenvalue weighted by Crippen LogP contribution is 2.31. The fourth-order valence-electron chi connectivity index (χ4n) is 4.01. The predicted octanol–water partition coefficient (Wildman–Crippen LogP) is 4.25. The van der Waals surface area contributed by atoms with Gasteiger partial charge in [-0.25, -0.2) is 0 Å². The largest absolute Gasteiger partial charge is 0.303 e. The minimum absolute atomic E-state index is 0.477. The molecule has 120 valence electrons. The summed E-state index contributed by atoms with van der Waals surface area (Å²) >= 11 is 0. The normalized spacial score (nSPS) is 29.4. The van der Waals surface area contributed by atoms with Gasteiger partial charge in [-0.3, -0.25) is 0 Å². The van der Waals surface area contributed by atoms with Crippen LogP contribution in [0.2, 0.25) is 0 Å². The van der Waals surface area contributed by atoms with Crippen molar-refractivity contribution in [2.45, 2.75) is 79.3 Å². The van der Waals surface area contributed by atoms with E-state index in [0.717, 1.165) is 12.1 Å². The molecule has 0 unspecified atom stereocenters. The van der Waals surface area contributed by atoms with Crippen molar-refractivity contribution in [1.82, 2.24) is 9.80 Å². The van der Waals surface area contributed by atoms with Gasteiger partial charge in [-0.2, -0.15) is 0 Å². The monoisotopic (exact) mass is 282 g/mol. The van der Waals surface area contributed by atoms with E-state index < -0.39 is 0 Å². The highest BCUT2D eigenvalue weighted by Gasteiger charge is 2.32. The summed E-state index contributed by atoms with van der Waals surface area (Å²) in [5.41, 5.74) is 0.955. The van der Waals surface area contributed by atoms with Crippen molar-refractivity contribution in [2.24, 2.45) is 10.8 Å². The van der Waals surface area contributed by atoms with Gasteiger partial charge in [0.15, 0.2) is 0 Å². The summed E-state index contributed by atoms with van der Waals surface area (Å²) in [5, 5.41) is 0. The van der Waals surface area contributed by atoms with Gasteiger partial charge >= 0.3 is 0 Å². The Morgan fingerprint density at radius 3 is 1.05 bits per heavy atom. The third-order valence-corrected chi connectivity index (χ3v) is 5.04. The lowest BCUT2D eigenvalue weighted by atomic mass is 9.85. The van der Waals surface area contributed by atoms with Gasteiger partial charge in [-0.05, 0) is 63.7 Å². The molecule has 2 fully saturated rings. The van der Waals surface area contributed by atoms with E-state index in [4.69, 9.17) is 0 Å². The Hall–Kier alpha value is -0.0800. The topological polar surface area (TPSA) is 6.48 Å². The summed E-state index contributed by atoms with van der Waals surface area (Å²) in [7, 11) is 4.48. The summed E-state index contributed by atoms with van der Waals surface area (Å²) in [6, 6.07) is 1.62. The SMILES string of the molecule is CN1CCC[C@@H]1C(C)(C)C.CN1CCC[C@H]1C(C)(C)C. The number of rotatable bonds is 0. The number of likely N-dealkylation sites (tertiary alicyclic amines) is 2. The van der Waals surface area contributed by atoms with Gasteiger partial charge in [0.2, 0.25) is 0 Å². The predicted molar refractivity (Wildman–Crippen MR) is 90.2 cm³/mol. The molecule has 0 spiro atoms. The first-order valence-electron chi connectivity index (χ1n) is 8.44. The van der Waals surface area contributed by atoms with Gasteiger partial charge in [0.1, 0.15) is 0 Å². The molecule has 0 saturated carbocycles. The third-order valence-electron chi connectivity index (χ3n) is 5.04. The van der Waals surface area contributed by atoms with Crippen LogP contribution in [-0.4, -0.2) is 49.1 Å². The van der Waals surface area contributed by atoms with E-state index in [2.05, 4.69) is 65.4 Å². The van der Waals surface area contributed by atoms with Crippen LogP contribution in [0.3, 0.4) is 0 Å². The molecule has 2 saturated heterocycles. The van der Waals surface area contributed by atoms with E-state index in [0.29, 0.717) is 10.8 Å². The minimum Gasteiger partial charge on any atom is -0.303 e. The maximum absolute atomic E-state index is 2.49. The number of hydrogen-bond acceptors (Lipinski definition) is 2. The van der Waals surface area contributed by atoms with Crippen molar-refractivity contribution >= 4 is 0 Å². The molecule has 0 radical (unpaired) electrons. The third kappa shape index (κ3) is 5.04. The second-order valence-electron chi connectivity index (χ2n) is 9.01. The zero-order valence-electron chi connectivity index (χ0n) is 15.3. The van der Waals surface area contributed by atoms with Crippen LogP contribution in [-0.2, 0) is 0 Å². The molecule has 2 heterocycles. The van der Waals surface area contributed by atoms with E-state index in [1.165, 1.54) is 38.8 Å². The fraction of sp³-hybridized carbons (Fsp3) is 1.00. The molecule has 0 aromatic heterocycles. The highest BCUT2D eigenvalue weighted by atomic mass is 15.2. The Balaban J connectivity index is 0.000000200. The number of nitrogens with zero attached hydrogens (tertiary/aromatic N) is 2. The molecular weight excluding hydrogens is 244 g/mol. The molecule has 0 aliphatic carbocycles. The van der Waals surface area contributed by atoms with Gasteiger partial charge in [0, 0.05) is 12.1 Å². The van der Waals surface area contributed by atoms with Crippen molar-refractivity contribution in [3.63, 3.8) is 0 Å². The van der Waals surface area contributed by atoms with Crippen LogP contribution in [0.5, 0.6) is 0 Å². The average molecular weight is 283 g/mol. The van der Waals surface area contributed by atoms with Crippen molar-refractivity contribution < 1.29 is 0 Å². The number of hydrogen-bond donors (Lipinski definition) is 0. The van der Waals surface area contributed by atoms with Crippen molar-refractivity contribution in [1.29, 1.82) is 0 Å². The second kappa shape index (κ2) is 6.79. The van der Waals surface area contributed by atoms with Gasteiger partial charge in [-0.1, -0.05) is 41.5 Å². The zero-order valence-corrected chi connectivity index (χ0v) is 15.3. The molecule has 0 amide bonds. The van der Waals surface area contributed by atoms with Crippen LogP contribution in [0, 0.1) is 10.8 Å². The van der Waals surface area contributed by atoms with E-state index in [-0.39, 0.29) is 0 Å². The smallest absolute Gasteiger partial charge is 0.0141 e. The van der Waals surface area contributed by atoms with E-state index in [9.17, 15) is 0 Å². The lowest BCUT2D eigenvalue weighted by Gasteiger charge is -2.32. The van der Waals surface area contributed by atoms with E-state index >= 15 is 0 Å². The molecule has 2 heteroatoms. The maximum Gasteiger partial charge on any atom is 0.0141 e. The van der Waals surface area contributed by atoms with E-state index in [1.54, 1.807) is 0 Å². The molecule has 0 bridgehead atoms. The highest BCUT2D eigenvalue weighted by molar-refractivity contribution is 4.86. The molecule has 0 aromatic rings. The van der Waals surface area contributed by atoms with Crippen LogP contribution in [0.4, 0.5) is 0 Å². The minimum atomic E-state index is 0.477. The van der Waals surface area contributed by atoms with Gasteiger partial charge in [-0.15, -0.1) is 0 Å². The Morgan fingerprint density at radius 1 is 0.650 bits per heavy atom. The van der Waals surface area contributed by atoms with Crippen LogP contribution in [0.15, 0.2) is 0 Å². The molecule has 2 aliphatic rings. The molecule has 20 heavy (non-hydrogen) atoms. The maximum atomic E-state index is 2.49. The van der Waals surface area contributed by atoms with Crippen molar-refractivity contribution in [3.05, 3.63) is 0 Å². The Morgan fingerprint density at radius 2 is 0.950 bits per heavy atom.